The molecule has 0 saturated heterocycles. The third kappa shape index (κ3) is 4.41. The van der Waals surface area contributed by atoms with Gasteiger partial charge in [-0.2, -0.15) is 0 Å². The maximum absolute atomic E-state index is 11.3. The lowest BCUT2D eigenvalue weighted by Crippen LogP contribution is -2.59. The van der Waals surface area contributed by atoms with Gasteiger partial charge in [0, 0.05) is 6.92 Å². The first-order valence-electron chi connectivity index (χ1n) is 6.46. The van der Waals surface area contributed by atoms with E-state index in [1.807, 2.05) is 0 Å². The number of guanidine groups is 1. The summed E-state index contributed by atoms with van der Waals surface area (Å²) in [6.07, 6.45) is -2.69. The fourth-order valence-electron chi connectivity index (χ4n) is 2.10. The van der Waals surface area contributed by atoms with Crippen LogP contribution in [-0.2, 0) is 14.3 Å². The lowest BCUT2D eigenvalue weighted by molar-refractivity contribution is -0.128. The van der Waals surface area contributed by atoms with Gasteiger partial charge < -0.3 is 36.8 Å². The molecule has 1 amide bonds. The molecule has 0 fully saturated rings. The largest absolute Gasteiger partial charge is 0.482 e. The fraction of sp³-hybridized carbons (Fsp3) is 0.583. The molecule has 22 heavy (non-hydrogen) atoms. The SMILES string of the molecule is CC(=O)N[C@H]1[C@H]([C@H](O)[C@H](O)CO)OC(C=O)=C[C@@H]1N=C(N)N. The summed E-state index contributed by atoms with van der Waals surface area (Å²) >= 11 is 0. The van der Waals surface area contributed by atoms with E-state index in [1.54, 1.807) is 0 Å². The Morgan fingerprint density at radius 2 is 2.18 bits per heavy atom. The number of allylic oxidation sites excluding steroid dienone is 1. The number of amides is 1. The summed E-state index contributed by atoms with van der Waals surface area (Å²) in [4.78, 5) is 26.2. The molecule has 10 nitrogen and oxygen atoms in total. The number of aliphatic hydroxyl groups excluding tert-OH is 3. The van der Waals surface area contributed by atoms with E-state index < -0.39 is 42.9 Å². The molecule has 1 heterocycles. The smallest absolute Gasteiger partial charge is 0.217 e. The van der Waals surface area contributed by atoms with Crippen LogP contribution in [0, 0.1) is 0 Å². The second-order valence-electron chi connectivity index (χ2n) is 4.78. The molecule has 0 aliphatic carbocycles. The molecule has 0 bridgehead atoms. The number of hydrogen-bond acceptors (Lipinski definition) is 7. The van der Waals surface area contributed by atoms with E-state index in [0.717, 1.165) is 0 Å². The minimum atomic E-state index is -1.58. The van der Waals surface area contributed by atoms with Gasteiger partial charge in [-0.25, -0.2) is 4.99 Å². The van der Waals surface area contributed by atoms with E-state index in [-0.39, 0.29) is 11.7 Å². The van der Waals surface area contributed by atoms with Crippen LogP contribution >= 0.6 is 0 Å². The van der Waals surface area contributed by atoms with Crippen molar-refractivity contribution < 1.29 is 29.6 Å². The highest BCUT2D eigenvalue weighted by molar-refractivity contribution is 5.77. The van der Waals surface area contributed by atoms with E-state index in [9.17, 15) is 19.8 Å². The summed E-state index contributed by atoms with van der Waals surface area (Å²) in [5.41, 5.74) is 10.6. The highest BCUT2D eigenvalue weighted by atomic mass is 16.5. The van der Waals surface area contributed by atoms with Gasteiger partial charge >= 0.3 is 0 Å². The van der Waals surface area contributed by atoms with Crippen LogP contribution < -0.4 is 16.8 Å². The van der Waals surface area contributed by atoms with Crippen LogP contribution in [0.25, 0.3) is 0 Å². The molecule has 0 aromatic rings. The second-order valence-corrected chi connectivity index (χ2v) is 4.78. The highest BCUT2D eigenvalue weighted by Crippen LogP contribution is 2.23. The van der Waals surface area contributed by atoms with Crippen LogP contribution in [0.3, 0.4) is 0 Å². The summed E-state index contributed by atoms with van der Waals surface area (Å²) in [6, 6.07) is -1.83. The minimum Gasteiger partial charge on any atom is -0.482 e. The molecule has 8 N–H and O–H groups in total. The average Bonchev–Trinajstić information content (AvgIpc) is 2.46. The number of hydrogen-bond donors (Lipinski definition) is 6. The number of rotatable bonds is 6. The van der Waals surface area contributed by atoms with Crippen molar-refractivity contribution in [3.05, 3.63) is 11.8 Å². The predicted octanol–water partition coefficient (Wildman–Crippen LogP) is -3.67. The van der Waals surface area contributed by atoms with Gasteiger partial charge in [-0.05, 0) is 6.08 Å². The van der Waals surface area contributed by atoms with Crippen LogP contribution in [0.2, 0.25) is 0 Å². The fourth-order valence-corrected chi connectivity index (χ4v) is 2.10. The molecule has 0 spiro atoms. The number of aldehydes is 1. The minimum absolute atomic E-state index is 0.161. The van der Waals surface area contributed by atoms with Gasteiger partial charge in [0.2, 0.25) is 5.91 Å². The van der Waals surface area contributed by atoms with Crippen LogP contribution in [0.15, 0.2) is 16.8 Å². The summed E-state index contributed by atoms with van der Waals surface area (Å²) in [6.45, 7) is 0.498. The summed E-state index contributed by atoms with van der Waals surface area (Å²) in [5, 5.41) is 31.1. The number of aliphatic hydroxyl groups is 3. The molecule has 124 valence electrons. The van der Waals surface area contributed by atoms with Crippen molar-refractivity contribution in [2.24, 2.45) is 16.5 Å². The van der Waals surface area contributed by atoms with Crippen molar-refractivity contribution in [1.82, 2.24) is 5.32 Å². The van der Waals surface area contributed by atoms with Gasteiger partial charge in [0.05, 0.1) is 18.7 Å². The molecule has 0 radical (unpaired) electrons. The van der Waals surface area contributed by atoms with E-state index in [2.05, 4.69) is 10.3 Å². The Balaban J connectivity index is 3.20. The first kappa shape index (κ1) is 17.9. The highest BCUT2D eigenvalue weighted by Gasteiger charge is 2.42. The molecule has 1 aliphatic rings. The van der Waals surface area contributed by atoms with Crippen molar-refractivity contribution >= 4 is 18.2 Å². The monoisotopic (exact) mass is 316 g/mol. The van der Waals surface area contributed by atoms with Gasteiger partial charge in [-0.1, -0.05) is 0 Å². The molecule has 0 aromatic heterocycles. The average molecular weight is 316 g/mol. The first-order valence-corrected chi connectivity index (χ1v) is 6.46. The predicted molar refractivity (Wildman–Crippen MR) is 75.3 cm³/mol. The lowest BCUT2D eigenvalue weighted by atomic mass is 9.92. The zero-order valence-electron chi connectivity index (χ0n) is 11.9. The Kier molecular flexibility index (Phi) is 6.28. The Morgan fingerprint density at radius 3 is 2.64 bits per heavy atom. The van der Waals surface area contributed by atoms with E-state index in [1.165, 1.54) is 13.0 Å². The zero-order chi connectivity index (χ0) is 16.9. The second kappa shape index (κ2) is 7.73. The topological polar surface area (TPSA) is 180 Å². The van der Waals surface area contributed by atoms with E-state index >= 15 is 0 Å². The molecule has 5 atom stereocenters. The van der Waals surface area contributed by atoms with E-state index in [0.29, 0.717) is 6.29 Å². The Hall–Kier alpha value is -2.17. The number of carbonyl (C=O) groups excluding carboxylic acids is 2. The van der Waals surface area contributed by atoms with Crippen LogP contribution in [0.5, 0.6) is 0 Å². The summed E-state index contributed by atoms with van der Waals surface area (Å²) in [5.74, 6) is -0.909. The third-order valence-electron chi connectivity index (χ3n) is 3.03. The van der Waals surface area contributed by atoms with Crippen molar-refractivity contribution in [2.75, 3.05) is 6.61 Å². The van der Waals surface area contributed by atoms with Crippen molar-refractivity contribution in [3.8, 4) is 0 Å². The standard InChI is InChI=1S/C12H20N4O6/c1-5(19)15-9-7(16-12(13)14)2-6(3-17)22-11(9)10(21)8(20)4-18/h2-3,7-11,18,20-21H,4H2,1H3,(H,15,19)(H4,13,14,16)/t7-,8+,9+,10+,11+/m0/s1. The Bertz CT molecular complexity index is 476. The number of carbonyl (C=O) groups is 2. The van der Waals surface area contributed by atoms with Gasteiger partial charge in [-0.15, -0.1) is 0 Å². The lowest BCUT2D eigenvalue weighted by Gasteiger charge is -2.38. The number of nitrogens with zero attached hydrogens (tertiary/aromatic N) is 1. The summed E-state index contributed by atoms with van der Waals surface area (Å²) < 4.78 is 5.25. The van der Waals surface area contributed by atoms with Gasteiger partial charge in [0.25, 0.3) is 0 Å². The third-order valence-corrected chi connectivity index (χ3v) is 3.03. The molecule has 0 saturated carbocycles. The number of aliphatic imine (C=N–C) groups is 1. The molecular weight excluding hydrogens is 296 g/mol. The van der Waals surface area contributed by atoms with E-state index in [4.69, 9.17) is 21.3 Å². The van der Waals surface area contributed by atoms with Crippen molar-refractivity contribution in [2.45, 2.75) is 37.3 Å². The van der Waals surface area contributed by atoms with Crippen molar-refractivity contribution in [1.29, 1.82) is 0 Å². The molecular formula is C12H20N4O6. The maximum Gasteiger partial charge on any atom is 0.217 e. The zero-order valence-corrected chi connectivity index (χ0v) is 11.9. The van der Waals surface area contributed by atoms with Crippen molar-refractivity contribution in [3.63, 3.8) is 0 Å². The first-order chi connectivity index (χ1) is 10.3. The Morgan fingerprint density at radius 1 is 1.55 bits per heavy atom. The molecule has 1 rings (SSSR count). The molecule has 0 unspecified atom stereocenters. The normalized spacial score (nSPS) is 26.9. The van der Waals surface area contributed by atoms with Gasteiger partial charge in [-0.3, -0.25) is 9.59 Å². The number of nitrogens with two attached hydrogens (primary N) is 2. The van der Waals surface area contributed by atoms with Gasteiger partial charge in [0.15, 0.2) is 18.0 Å². The number of ether oxygens (including phenoxy) is 1. The number of nitrogens with one attached hydrogen (secondary N) is 1. The van der Waals surface area contributed by atoms with Crippen LogP contribution in [0.1, 0.15) is 6.92 Å². The quantitative estimate of drug-likeness (QED) is 0.165. The maximum atomic E-state index is 11.3. The van der Waals surface area contributed by atoms with Crippen LogP contribution in [-0.4, -0.2) is 70.5 Å². The molecule has 0 aromatic carbocycles. The summed E-state index contributed by atoms with van der Waals surface area (Å²) in [7, 11) is 0. The Labute approximate surface area is 126 Å². The molecule has 1 aliphatic heterocycles. The molecule has 10 heteroatoms. The van der Waals surface area contributed by atoms with Crippen LogP contribution in [0.4, 0.5) is 0 Å². The van der Waals surface area contributed by atoms with Gasteiger partial charge in [0.1, 0.15) is 18.3 Å².